The van der Waals surface area contributed by atoms with Crippen LogP contribution in [0.25, 0.3) is 27.0 Å². The van der Waals surface area contributed by atoms with Gasteiger partial charge in [-0.3, -0.25) is 4.79 Å². The first-order valence-corrected chi connectivity index (χ1v) is 14.1. The van der Waals surface area contributed by atoms with Gasteiger partial charge in [0.05, 0.1) is 4.91 Å². The van der Waals surface area contributed by atoms with E-state index in [0.29, 0.717) is 9.23 Å². The third-order valence-corrected chi connectivity index (χ3v) is 8.53. The molecule has 0 unspecified atom stereocenters. The second kappa shape index (κ2) is 10.8. The first kappa shape index (κ1) is 24.4. The number of amides is 1. The van der Waals surface area contributed by atoms with Gasteiger partial charge >= 0.3 is 0 Å². The zero-order chi connectivity index (χ0) is 25.9. The van der Waals surface area contributed by atoms with Crippen molar-refractivity contribution in [2.75, 3.05) is 4.90 Å². The van der Waals surface area contributed by atoms with Gasteiger partial charge in [-0.05, 0) is 71.3 Å². The molecular formula is C32H22N2OS3. The number of nitrogens with one attached hydrogen (secondary N) is 1. The van der Waals surface area contributed by atoms with E-state index in [1.54, 1.807) is 11.3 Å². The molecule has 1 fully saturated rings. The van der Waals surface area contributed by atoms with Crippen molar-refractivity contribution in [2.24, 2.45) is 0 Å². The third-order valence-electron chi connectivity index (χ3n) is 6.18. The van der Waals surface area contributed by atoms with Crippen LogP contribution in [0.3, 0.4) is 0 Å². The molecule has 2 heterocycles. The molecule has 1 saturated heterocycles. The second-order valence-electron chi connectivity index (χ2n) is 8.69. The minimum Gasteiger partial charge on any atom is -0.311 e. The molecule has 4 aromatic carbocycles. The fourth-order valence-corrected chi connectivity index (χ4v) is 6.40. The number of thiocarbonyl (C=S) groups is 1. The van der Waals surface area contributed by atoms with E-state index in [1.807, 2.05) is 30.3 Å². The number of carbonyl (C=O) groups excluding carboxylic acids is 1. The molecule has 184 valence electrons. The molecular weight excluding hydrogens is 525 g/mol. The quantitative estimate of drug-likeness (QED) is 0.170. The summed E-state index contributed by atoms with van der Waals surface area (Å²) in [7, 11) is 0. The molecule has 0 aliphatic carbocycles. The van der Waals surface area contributed by atoms with Crippen molar-refractivity contribution < 1.29 is 4.79 Å². The van der Waals surface area contributed by atoms with Crippen molar-refractivity contribution in [2.45, 2.75) is 0 Å². The Balaban J connectivity index is 1.23. The van der Waals surface area contributed by atoms with Crippen molar-refractivity contribution in [1.29, 1.82) is 0 Å². The van der Waals surface area contributed by atoms with E-state index in [0.717, 1.165) is 28.2 Å². The second-order valence-corrected chi connectivity index (χ2v) is 11.5. The Labute approximate surface area is 235 Å². The van der Waals surface area contributed by atoms with Gasteiger partial charge in [0.2, 0.25) is 0 Å². The van der Waals surface area contributed by atoms with E-state index < -0.39 is 0 Å². The van der Waals surface area contributed by atoms with Crippen LogP contribution in [0.2, 0.25) is 0 Å². The van der Waals surface area contributed by atoms with Gasteiger partial charge < -0.3 is 10.2 Å². The van der Waals surface area contributed by atoms with Crippen LogP contribution in [0.15, 0.2) is 126 Å². The predicted octanol–water partition coefficient (Wildman–Crippen LogP) is 9.04. The Kier molecular flexibility index (Phi) is 6.92. The smallest absolute Gasteiger partial charge is 0.263 e. The highest BCUT2D eigenvalue weighted by molar-refractivity contribution is 8.26. The fraction of sp³-hybridized carbons (Fsp3) is 0. The van der Waals surface area contributed by atoms with Crippen molar-refractivity contribution >= 4 is 68.7 Å². The molecule has 1 amide bonds. The molecule has 1 aliphatic heterocycles. The van der Waals surface area contributed by atoms with E-state index in [9.17, 15) is 4.79 Å². The number of rotatable bonds is 6. The van der Waals surface area contributed by atoms with Gasteiger partial charge in [0.15, 0.2) is 0 Å². The summed E-state index contributed by atoms with van der Waals surface area (Å²) in [6.07, 6.45) is 1.87. The van der Waals surface area contributed by atoms with Crippen LogP contribution in [0.5, 0.6) is 0 Å². The number of thiophene rings is 1. The summed E-state index contributed by atoms with van der Waals surface area (Å²) in [6.45, 7) is 0. The van der Waals surface area contributed by atoms with Crippen LogP contribution in [-0.2, 0) is 4.79 Å². The zero-order valence-electron chi connectivity index (χ0n) is 20.2. The van der Waals surface area contributed by atoms with Crippen LogP contribution >= 0.6 is 35.3 Å². The lowest BCUT2D eigenvalue weighted by Crippen LogP contribution is -2.17. The number of thioether (sulfide) groups is 1. The molecule has 0 radical (unpaired) electrons. The molecule has 3 nitrogen and oxygen atoms in total. The van der Waals surface area contributed by atoms with Crippen LogP contribution in [-0.4, -0.2) is 10.2 Å². The van der Waals surface area contributed by atoms with Gasteiger partial charge in [-0.15, -0.1) is 11.3 Å². The fourth-order valence-electron chi connectivity index (χ4n) is 4.34. The minimum atomic E-state index is -0.131. The molecule has 5 aromatic rings. The standard InChI is InChI=1S/C32H22N2OS3/c35-31-30(38-32(36)33-31)21-22-11-13-23(14-12-22)28-19-20-29(37-28)24-15-17-27(18-16-24)34(25-7-3-1-4-8-25)26-9-5-2-6-10-26/h1-21H,(H,33,35,36)/b30-21-. The molecule has 0 bridgehead atoms. The van der Waals surface area contributed by atoms with Gasteiger partial charge in [0.25, 0.3) is 5.91 Å². The molecule has 0 atom stereocenters. The Morgan fingerprint density at radius 3 is 1.63 bits per heavy atom. The summed E-state index contributed by atoms with van der Waals surface area (Å²) in [5.41, 5.74) is 6.68. The van der Waals surface area contributed by atoms with Crippen molar-refractivity contribution in [3.8, 4) is 20.9 Å². The molecule has 38 heavy (non-hydrogen) atoms. The van der Waals surface area contributed by atoms with Crippen LogP contribution in [0.1, 0.15) is 5.56 Å². The molecule has 6 rings (SSSR count). The Bertz CT molecular complexity index is 1580. The minimum absolute atomic E-state index is 0.131. The monoisotopic (exact) mass is 546 g/mol. The van der Waals surface area contributed by atoms with Crippen molar-refractivity contribution in [3.05, 3.63) is 132 Å². The highest BCUT2D eigenvalue weighted by atomic mass is 32.2. The SMILES string of the molecule is O=C1NC(=S)S/C1=C\c1ccc(-c2ccc(-c3ccc(N(c4ccccc4)c4ccccc4)cc3)s2)cc1. The zero-order valence-corrected chi connectivity index (χ0v) is 22.7. The normalized spacial score (nSPS) is 14.1. The molecule has 0 saturated carbocycles. The number of nitrogens with zero attached hydrogens (tertiary/aromatic N) is 1. The Morgan fingerprint density at radius 1 is 0.632 bits per heavy atom. The summed E-state index contributed by atoms with van der Waals surface area (Å²) in [5, 5.41) is 2.65. The van der Waals surface area contributed by atoms with Gasteiger partial charge in [-0.25, -0.2) is 0 Å². The van der Waals surface area contributed by atoms with Crippen molar-refractivity contribution in [1.82, 2.24) is 5.32 Å². The summed E-state index contributed by atoms with van der Waals surface area (Å²) in [6, 6.07) is 42.2. The number of benzene rings is 4. The van der Waals surface area contributed by atoms with Gasteiger partial charge in [0.1, 0.15) is 4.32 Å². The number of carbonyl (C=O) groups is 1. The van der Waals surface area contributed by atoms with Gasteiger partial charge in [0, 0.05) is 26.8 Å². The van der Waals surface area contributed by atoms with E-state index >= 15 is 0 Å². The molecule has 1 aliphatic rings. The third kappa shape index (κ3) is 5.20. The maximum Gasteiger partial charge on any atom is 0.263 e. The molecule has 1 N–H and O–H groups in total. The lowest BCUT2D eigenvalue weighted by atomic mass is 10.1. The van der Waals surface area contributed by atoms with E-state index in [2.05, 4.69) is 107 Å². The summed E-state index contributed by atoms with van der Waals surface area (Å²) >= 11 is 8.14. The van der Waals surface area contributed by atoms with Crippen LogP contribution in [0.4, 0.5) is 17.1 Å². The van der Waals surface area contributed by atoms with Crippen molar-refractivity contribution in [3.63, 3.8) is 0 Å². The average molecular weight is 547 g/mol. The number of para-hydroxylation sites is 2. The van der Waals surface area contributed by atoms with Gasteiger partial charge in [-0.2, -0.15) is 0 Å². The van der Waals surface area contributed by atoms with E-state index in [4.69, 9.17) is 12.2 Å². The maximum absolute atomic E-state index is 11.9. The molecule has 1 aromatic heterocycles. The number of anilines is 3. The summed E-state index contributed by atoms with van der Waals surface area (Å²) < 4.78 is 0.504. The predicted molar refractivity (Wildman–Crippen MR) is 166 cm³/mol. The first-order valence-electron chi connectivity index (χ1n) is 12.1. The van der Waals surface area contributed by atoms with Crippen LogP contribution in [0, 0.1) is 0 Å². The highest BCUT2D eigenvalue weighted by Gasteiger charge is 2.21. The summed E-state index contributed by atoms with van der Waals surface area (Å²) in [5.74, 6) is -0.131. The maximum atomic E-state index is 11.9. The highest BCUT2D eigenvalue weighted by Crippen LogP contribution is 2.38. The topological polar surface area (TPSA) is 32.3 Å². The number of hydrogen-bond acceptors (Lipinski definition) is 5. The summed E-state index contributed by atoms with van der Waals surface area (Å²) in [4.78, 5) is 17.2. The largest absolute Gasteiger partial charge is 0.311 e. The average Bonchev–Trinajstić information content (AvgIpc) is 3.57. The lowest BCUT2D eigenvalue weighted by Gasteiger charge is -2.25. The van der Waals surface area contributed by atoms with Crippen LogP contribution < -0.4 is 10.2 Å². The molecule has 0 spiro atoms. The molecule has 6 heteroatoms. The van der Waals surface area contributed by atoms with Gasteiger partial charge in [-0.1, -0.05) is 96.8 Å². The number of hydrogen-bond donors (Lipinski definition) is 1. The lowest BCUT2D eigenvalue weighted by molar-refractivity contribution is -0.115. The Hall–Kier alpha value is -3.97. The Morgan fingerprint density at radius 2 is 1.13 bits per heavy atom. The van der Waals surface area contributed by atoms with E-state index in [-0.39, 0.29) is 5.91 Å². The van der Waals surface area contributed by atoms with E-state index in [1.165, 1.54) is 27.1 Å². The first-order chi connectivity index (χ1) is 18.6.